The molecule has 1 saturated heterocycles. The topological polar surface area (TPSA) is 74.3 Å². The molecule has 0 bridgehead atoms. The van der Waals surface area contributed by atoms with Crippen molar-refractivity contribution in [2.45, 2.75) is 51.0 Å². The van der Waals surface area contributed by atoms with Crippen LogP contribution in [0.15, 0.2) is 18.2 Å². The molecule has 2 atom stereocenters. The molecule has 9 heteroatoms. The van der Waals surface area contributed by atoms with Gasteiger partial charge in [-0.05, 0) is 69.3 Å². The fraction of sp³-hybridized carbons (Fsp3) is 0.696. The standard InChI is InChI=1S/C23H35Cl2N3O4/c1-16(26-17-5-6-18(24)19(25)13-17)22(30)28(15-21(31-2)32-3)11-4-10-27-12-9-23(7-8-23)20(29)14-27/h5-6,13,16,20-21,26,29H,4,7-12,14-15H2,1-3H3. The van der Waals surface area contributed by atoms with Gasteiger partial charge in [-0.1, -0.05) is 23.2 Å². The zero-order chi connectivity index (χ0) is 23.3. The van der Waals surface area contributed by atoms with Crippen LogP contribution in [0.1, 0.15) is 32.6 Å². The van der Waals surface area contributed by atoms with E-state index >= 15 is 0 Å². The van der Waals surface area contributed by atoms with E-state index in [4.69, 9.17) is 32.7 Å². The Labute approximate surface area is 200 Å². The van der Waals surface area contributed by atoms with Gasteiger partial charge in [-0.2, -0.15) is 0 Å². The zero-order valence-corrected chi connectivity index (χ0v) is 20.7. The van der Waals surface area contributed by atoms with Gasteiger partial charge in [-0.25, -0.2) is 0 Å². The van der Waals surface area contributed by atoms with E-state index in [0.29, 0.717) is 23.1 Å². The highest BCUT2D eigenvalue weighted by atomic mass is 35.5. The lowest BCUT2D eigenvalue weighted by Crippen LogP contribution is -2.48. The molecular formula is C23H35Cl2N3O4. The largest absolute Gasteiger partial charge is 0.391 e. The second-order valence-corrected chi connectivity index (χ2v) is 9.78. The van der Waals surface area contributed by atoms with Crippen molar-refractivity contribution < 1.29 is 19.4 Å². The Bertz CT molecular complexity index is 774. The number of nitrogens with zero attached hydrogens (tertiary/aromatic N) is 2. The van der Waals surface area contributed by atoms with Gasteiger partial charge < -0.3 is 29.7 Å². The number of ether oxygens (including phenoxy) is 2. The van der Waals surface area contributed by atoms with E-state index in [0.717, 1.165) is 51.0 Å². The number of rotatable bonds is 11. The number of hydrogen-bond acceptors (Lipinski definition) is 6. The molecule has 180 valence electrons. The lowest BCUT2D eigenvalue weighted by atomic mass is 9.90. The summed E-state index contributed by atoms with van der Waals surface area (Å²) in [6.45, 7) is 5.32. The van der Waals surface area contributed by atoms with E-state index in [-0.39, 0.29) is 17.4 Å². The maximum absolute atomic E-state index is 13.2. The number of aliphatic hydroxyl groups excluding tert-OH is 1. The van der Waals surface area contributed by atoms with Gasteiger partial charge in [0.2, 0.25) is 5.91 Å². The summed E-state index contributed by atoms with van der Waals surface area (Å²) in [5.74, 6) is -0.0502. The number of benzene rings is 1. The van der Waals surface area contributed by atoms with Crippen LogP contribution >= 0.6 is 23.2 Å². The Hall–Kier alpha value is -1.09. The number of amides is 1. The molecule has 1 aromatic carbocycles. The van der Waals surface area contributed by atoms with Crippen molar-refractivity contribution in [2.75, 3.05) is 52.3 Å². The molecular weight excluding hydrogens is 453 g/mol. The minimum atomic E-state index is -0.498. The monoisotopic (exact) mass is 487 g/mol. The summed E-state index contributed by atoms with van der Waals surface area (Å²) in [6.07, 6.45) is 3.47. The average Bonchev–Trinajstić information content (AvgIpc) is 3.56. The quantitative estimate of drug-likeness (QED) is 0.465. The number of hydrogen-bond donors (Lipinski definition) is 2. The molecule has 2 N–H and O–H groups in total. The highest BCUT2D eigenvalue weighted by molar-refractivity contribution is 6.42. The molecule has 2 fully saturated rings. The van der Waals surface area contributed by atoms with Crippen LogP contribution in [0.4, 0.5) is 5.69 Å². The highest BCUT2D eigenvalue weighted by Gasteiger charge is 2.51. The Morgan fingerprint density at radius 3 is 2.59 bits per heavy atom. The van der Waals surface area contributed by atoms with Crippen LogP contribution in [0.25, 0.3) is 0 Å². The molecule has 1 heterocycles. The maximum atomic E-state index is 13.2. The highest BCUT2D eigenvalue weighted by Crippen LogP contribution is 2.53. The summed E-state index contributed by atoms with van der Waals surface area (Å²) in [6, 6.07) is 4.74. The van der Waals surface area contributed by atoms with Crippen molar-refractivity contribution >= 4 is 34.8 Å². The van der Waals surface area contributed by atoms with Crippen LogP contribution in [0.5, 0.6) is 0 Å². The van der Waals surface area contributed by atoms with E-state index in [1.165, 1.54) is 0 Å². The number of methoxy groups -OCH3 is 2. The average molecular weight is 488 g/mol. The predicted octanol–water partition coefficient (Wildman–Crippen LogP) is 3.48. The SMILES string of the molecule is COC(CN(CCCN1CCC2(CC2)C(O)C1)C(=O)C(C)Nc1ccc(Cl)c(Cl)c1)OC. The van der Waals surface area contributed by atoms with Crippen LogP contribution in [0.3, 0.4) is 0 Å². The first-order valence-electron chi connectivity index (χ1n) is 11.2. The Morgan fingerprint density at radius 2 is 2.00 bits per heavy atom. The third-order valence-electron chi connectivity index (χ3n) is 6.74. The van der Waals surface area contributed by atoms with Gasteiger partial charge >= 0.3 is 0 Å². The fourth-order valence-electron chi connectivity index (χ4n) is 4.40. The number of halogens is 2. The van der Waals surface area contributed by atoms with Crippen LogP contribution in [-0.2, 0) is 14.3 Å². The maximum Gasteiger partial charge on any atom is 0.244 e. The third-order valence-corrected chi connectivity index (χ3v) is 7.48. The molecule has 2 aliphatic rings. The van der Waals surface area contributed by atoms with Gasteiger partial charge in [-0.3, -0.25) is 4.79 Å². The van der Waals surface area contributed by atoms with Crippen molar-refractivity contribution in [3.05, 3.63) is 28.2 Å². The molecule has 1 amide bonds. The van der Waals surface area contributed by atoms with Crippen molar-refractivity contribution in [3.8, 4) is 0 Å². The Morgan fingerprint density at radius 1 is 1.28 bits per heavy atom. The number of aliphatic hydroxyl groups is 1. The third kappa shape index (κ3) is 6.49. The summed E-state index contributed by atoms with van der Waals surface area (Å²) in [4.78, 5) is 17.3. The van der Waals surface area contributed by atoms with Gasteiger partial charge in [0.05, 0.1) is 22.7 Å². The lowest BCUT2D eigenvalue weighted by Gasteiger charge is -2.37. The van der Waals surface area contributed by atoms with E-state index in [2.05, 4.69) is 10.2 Å². The number of piperidine rings is 1. The molecule has 1 aliphatic carbocycles. The smallest absolute Gasteiger partial charge is 0.244 e. The lowest BCUT2D eigenvalue weighted by molar-refractivity contribution is -0.146. The van der Waals surface area contributed by atoms with Gasteiger partial charge in [-0.15, -0.1) is 0 Å². The molecule has 1 aliphatic heterocycles. The molecule has 0 radical (unpaired) electrons. The summed E-state index contributed by atoms with van der Waals surface area (Å²) in [5.41, 5.74) is 0.931. The van der Waals surface area contributed by atoms with Gasteiger partial charge in [0, 0.05) is 33.0 Å². The second-order valence-electron chi connectivity index (χ2n) is 8.96. The molecule has 1 saturated carbocycles. The Balaban J connectivity index is 1.55. The normalized spacial score (nSPS) is 21.0. The molecule has 32 heavy (non-hydrogen) atoms. The molecule has 3 rings (SSSR count). The van der Waals surface area contributed by atoms with E-state index in [1.54, 1.807) is 37.3 Å². The number of β-amino-alcohol motifs (C(OH)–C–C–N with tert-alkyl or cyclic N) is 1. The molecule has 7 nitrogen and oxygen atoms in total. The van der Waals surface area contributed by atoms with Crippen molar-refractivity contribution in [1.29, 1.82) is 0 Å². The van der Waals surface area contributed by atoms with Crippen molar-refractivity contribution in [1.82, 2.24) is 9.80 Å². The number of nitrogens with one attached hydrogen (secondary N) is 1. The van der Waals surface area contributed by atoms with E-state index < -0.39 is 12.3 Å². The number of carbonyl (C=O) groups is 1. The first-order valence-corrected chi connectivity index (χ1v) is 12.0. The minimum absolute atomic E-state index is 0.0502. The van der Waals surface area contributed by atoms with Crippen LogP contribution in [-0.4, -0.2) is 86.2 Å². The first kappa shape index (κ1) is 25.5. The number of carbonyl (C=O) groups excluding carboxylic acids is 1. The van der Waals surface area contributed by atoms with Crippen LogP contribution in [0.2, 0.25) is 10.0 Å². The summed E-state index contributed by atoms with van der Waals surface area (Å²) >= 11 is 12.1. The summed E-state index contributed by atoms with van der Waals surface area (Å²) < 4.78 is 10.7. The predicted molar refractivity (Wildman–Crippen MR) is 127 cm³/mol. The minimum Gasteiger partial charge on any atom is -0.391 e. The molecule has 0 aromatic heterocycles. The van der Waals surface area contributed by atoms with Gasteiger partial charge in [0.25, 0.3) is 0 Å². The van der Waals surface area contributed by atoms with Crippen LogP contribution < -0.4 is 5.32 Å². The fourth-order valence-corrected chi connectivity index (χ4v) is 4.70. The number of anilines is 1. The number of likely N-dealkylation sites (tertiary alicyclic amines) is 1. The summed E-state index contributed by atoms with van der Waals surface area (Å²) in [5, 5.41) is 14.5. The van der Waals surface area contributed by atoms with Gasteiger partial charge in [0.15, 0.2) is 6.29 Å². The van der Waals surface area contributed by atoms with Gasteiger partial charge in [0.1, 0.15) is 6.04 Å². The summed E-state index contributed by atoms with van der Waals surface area (Å²) in [7, 11) is 3.13. The van der Waals surface area contributed by atoms with Crippen LogP contribution in [0, 0.1) is 5.41 Å². The zero-order valence-electron chi connectivity index (χ0n) is 19.2. The van der Waals surface area contributed by atoms with Crippen molar-refractivity contribution in [2.24, 2.45) is 5.41 Å². The molecule has 2 unspecified atom stereocenters. The van der Waals surface area contributed by atoms with E-state index in [9.17, 15) is 9.90 Å². The second kappa shape index (κ2) is 11.4. The molecule has 1 aromatic rings. The Kier molecular flexibility index (Phi) is 9.06. The van der Waals surface area contributed by atoms with E-state index in [1.807, 2.05) is 6.92 Å². The van der Waals surface area contributed by atoms with Crippen molar-refractivity contribution in [3.63, 3.8) is 0 Å². The first-order chi connectivity index (χ1) is 15.3. The molecule has 1 spiro atoms.